The quantitative estimate of drug-likeness (QED) is 0.819. The molecule has 1 aromatic heterocycles. The zero-order chi connectivity index (χ0) is 20.6. The molecule has 6 nitrogen and oxygen atoms in total. The SMILES string of the molecule is CN(CCc1ccncc1)C(=O)C1CCC(C(=O)Nc2cccc(C#N)c2)CC1. The van der Waals surface area contributed by atoms with E-state index in [9.17, 15) is 9.59 Å². The van der Waals surface area contributed by atoms with E-state index >= 15 is 0 Å². The van der Waals surface area contributed by atoms with E-state index < -0.39 is 0 Å². The molecule has 1 aromatic carbocycles. The smallest absolute Gasteiger partial charge is 0.227 e. The Morgan fingerprint density at radius 1 is 1.14 bits per heavy atom. The molecule has 29 heavy (non-hydrogen) atoms. The van der Waals surface area contributed by atoms with Gasteiger partial charge in [-0.2, -0.15) is 5.26 Å². The summed E-state index contributed by atoms with van der Waals surface area (Å²) in [6.45, 7) is 0.679. The van der Waals surface area contributed by atoms with Crippen LogP contribution >= 0.6 is 0 Å². The van der Waals surface area contributed by atoms with Gasteiger partial charge < -0.3 is 10.2 Å². The van der Waals surface area contributed by atoms with Crippen LogP contribution in [-0.2, 0) is 16.0 Å². The van der Waals surface area contributed by atoms with Crippen molar-refractivity contribution in [1.82, 2.24) is 9.88 Å². The monoisotopic (exact) mass is 390 g/mol. The summed E-state index contributed by atoms with van der Waals surface area (Å²) in [6.07, 6.45) is 7.21. The summed E-state index contributed by atoms with van der Waals surface area (Å²) in [5, 5.41) is 11.9. The lowest BCUT2D eigenvalue weighted by atomic mass is 9.81. The molecular formula is C23H26N4O2. The molecule has 0 aliphatic heterocycles. The Kier molecular flexibility index (Phi) is 6.96. The number of anilines is 1. The Morgan fingerprint density at radius 2 is 1.83 bits per heavy atom. The van der Waals surface area contributed by atoms with Gasteiger partial charge in [0.25, 0.3) is 0 Å². The lowest BCUT2D eigenvalue weighted by molar-refractivity contribution is -0.136. The molecule has 1 heterocycles. The first-order chi connectivity index (χ1) is 14.1. The van der Waals surface area contributed by atoms with E-state index in [-0.39, 0.29) is 23.7 Å². The van der Waals surface area contributed by atoms with Gasteiger partial charge in [-0.15, -0.1) is 0 Å². The molecule has 1 aliphatic carbocycles. The third-order valence-electron chi connectivity index (χ3n) is 5.57. The number of likely N-dealkylation sites (N-methyl/N-ethyl adjacent to an activating group) is 1. The van der Waals surface area contributed by atoms with Crippen LogP contribution in [0.5, 0.6) is 0 Å². The van der Waals surface area contributed by atoms with Crippen LogP contribution < -0.4 is 5.32 Å². The van der Waals surface area contributed by atoms with Gasteiger partial charge in [0, 0.05) is 43.5 Å². The molecular weight excluding hydrogens is 364 g/mol. The summed E-state index contributed by atoms with van der Waals surface area (Å²) >= 11 is 0. The largest absolute Gasteiger partial charge is 0.345 e. The Balaban J connectivity index is 1.45. The number of aromatic nitrogens is 1. The first kappa shape index (κ1) is 20.5. The van der Waals surface area contributed by atoms with E-state index in [1.807, 2.05) is 19.2 Å². The van der Waals surface area contributed by atoms with Crippen LogP contribution in [0.25, 0.3) is 0 Å². The lowest BCUT2D eigenvalue weighted by Gasteiger charge is -2.30. The average Bonchev–Trinajstić information content (AvgIpc) is 2.78. The fraction of sp³-hybridized carbons (Fsp3) is 0.391. The Bertz CT molecular complexity index is 883. The number of carbonyl (C=O) groups excluding carboxylic acids is 2. The number of nitrogens with zero attached hydrogens (tertiary/aromatic N) is 3. The molecule has 0 bridgehead atoms. The maximum absolute atomic E-state index is 12.7. The fourth-order valence-electron chi connectivity index (χ4n) is 3.78. The standard InChI is InChI=1S/C23H26N4O2/c1-27(14-11-17-9-12-25-13-10-17)23(29)20-7-5-19(6-8-20)22(28)26-21-4-2-3-18(15-21)16-24/h2-4,9-10,12-13,15,19-20H,5-8,11,14H2,1H3,(H,26,28). The second-order valence-corrected chi connectivity index (χ2v) is 7.60. The van der Waals surface area contributed by atoms with Crippen LogP contribution in [0.3, 0.4) is 0 Å². The number of benzene rings is 1. The maximum atomic E-state index is 12.7. The third-order valence-corrected chi connectivity index (χ3v) is 5.57. The number of rotatable bonds is 6. The van der Waals surface area contributed by atoms with Crippen molar-refractivity contribution in [3.63, 3.8) is 0 Å². The Morgan fingerprint density at radius 3 is 2.52 bits per heavy atom. The zero-order valence-corrected chi connectivity index (χ0v) is 16.7. The van der Waals surface area contributed by atoms with Gasteiger partial charge in [0.15, 0.2) is 0 Å². The average molecular weight is 390 g/mol. The van der Waals surface area contributed by atoms with Gasteiger partial charge in [-0.3, -0.25) is 14.6 Å². The summed E-state index contributed by atoms with van der Waals surface area (Å²) in [5.41, 5.74) is 2.33. The Hall–Kier alpha value is -3.20. The predicted molar refractivity (Wildman–Crippen MR) is 111 cm³/mol. The minimum absolute atomic E-state index is 0.0107. The highest BCUT2D eigenvalue weighted by Gasteiger charge is 2.31. The molecule has 1 saturated carbocycles. The van der Waals surface area contributed by atoms with Gasteiger partial charge >= 0.3 is 0 Å². The van der Waals surface area contributed by atoms with Gasteiger partial charge in [0.05, 0.1) is 11.6 Å². The summed E-state index contributed by atoms with van der Waals surface area (Å²) < 4.78 is 0. The van der Waals surface area contributed by atoms with Crippen molar-refractivity contribution in [3.05, 3.63) is 59.9 Å². The van der Waals surface area contributed by atoms with Crippen LogP contribution in [0.4, 0.5) is 5.69 Å². The zero-order valence-electron chi connectivity index (χ0n) is 16.7. The normalized spacial score (nSPS) is 18.5. The van der Waals surface area contributed by atoms with Crippen molar-refractivity contribution in [2.45, 2.75) is 32.1 Å². The number of nitriles is 1. The summed E-state index contributed by atoms with van der Waals surface area (Å²) in [4.78, 5) is 31.1. The van der Waals surface area contributed by atoms with Crippen molar-refractivity contribution < 1.29 is 9.59 Å². The lowest BCUT2D eigenvalue weighted by Crippen LogP contribution is -2.37. The molecule has 6 heteroatoms. The third kappa shape index (κ3) is 5.64. The highest BCUT2D eigenvalue weighted by molar-refractivity contribution is 5.93. The van der Waals surface area contributed by atoms with Gasteiger partial charge in [-0.05, 0) is 68.0 Å². The summed E-state index contributed by atoms with van der Waals surface area (Å²) in [5.74, 6) is 0.0342. The molecule has 2 amide bonds. The molecule has 0 unspecified atom stereocenters. The number of amides is 2. The van der Waals surface area contributed by atoms with Crippen LogP contribution in [-0.4, -0.2) is 35.3 Å². The molecule has 2 aromatic rings. The minimum atomic E-state index is -0.0908. The summed E-state index contributed by atoms with van der Waals surface area (Å²) in [6, 6.07) is 12.9. The van der Waals surface area contributed by atoms with E-state index in [0.29, 0.717) is 30.6 Å². The van der Waals surface area contributed by atoms with Gasteiger partial charge in [-0.1, -0.05) is 6.07 Å². The highest BCUT2D eigenvalue weighted by Crippen LogP contribution is 2.31. The van der Waals surface area contributed by atoms with Gasteiger partial charge in [-0.25, -0.2) is 0 Å². The summed E-state index contributed by atoms with van der Waals surface area (Å²) in [7, 11) is 1.85. The van der Waals surface area contributed by atoms with Crippen molar-refractivity contribution in [1.29, 1.82) is 5.26 Å². The molecule has 0 spiro atoms. The number of hydrogen-bond donors (Lipinski definition) is 1. The predicted octanol–water partition coefficient (Wildman–Crippen LogP) is 3.40. The van der Waals surface area contributed by atoms with Crippen molar-refractivity contribution in [2.75, 3.05) is 18.9 Å². The number of nitrogens with one attached hydrogen (secondary N) is 1. The number of carbonyl (C=O) groups is 2. The molecule has 1 aliphatic rings. The molecule has 0 saturated heterocycles. The van der Waals surface area contributed by atoms with E-state index in [1.165, 1.54) is 5.56 Å². The molecule has 1 N–H and O–H groups in total. The molecule has 1 fully saturated rings. The topological polar surface area (TPSA) is 86.1 Å². The second-order valence-electron chi connectivity index (χ2n) is 7.60. The van der Waals surface area contributed by atoms with Crippen molar-refractivity contribution >= 4 is 17.5 Å². The molecule has 0 atom stereocenters. The maximum Gasteiger partial charge on any atom is 0.227 e. The van der Waals surface area contributed by atoms with Gasteiger partial charge in [0.2, 0.25) is 11.8 Å². The van der Waals surface area contributed by atoms with E-state index in [1.54, 1.807) is 41.6 Å². The van der Waals surface area contributed by atoms with E-state index in [4.69, 9.17) is 5.26 Å². The molecule has 0 radical (unpaired) electrons. The Labute approximate surface area is 171 Å². The molecule has 3 rings (SSSR count). The first-order valence-corrected chi connectivity index (χ1v) is 10.0. The molecule has 150 valence electrons. The fourth-order valence-corrected chi connectivity index (χ4v) is 3.78. The van der Waals surface area contributed by atoms with Crippen molar-refractivity contribution in [2.24, 2.45) is 11.8 Å². The van der Waals surface area contributed by atoms with Crippen molar-refractivity contribution in [3.8, 4) is 6.07 Å². The highest BCUT2D eigenvalue weighted by atomic mass is 16.2. The van der Waals surface area contributed by atoms with Crippen LogP contribution in [0, 0.1) is 23.2 Å². The first-order valence-electron chi connectivity index (χ1n) is 10.0. The van der Waals surface area contributed by atoms with Gasteiger partial charge in [0.1, 0.15) is 0 Å². The van der Waals surface area contributed by atoms with E-state index in [0.717, 1.165) is 19.3 Å². The number of pyridine rings is 1. The minimum Gasteiger partial charge on any atom is -0.345 e. The van der Waals surface area contributed by atoms with Crippen LogP contribution in [0.15, 0.2) is 48.8 Å². The van der Waals surface area contributed by atoms with Crippen LogP contribution in [0.1, 0.15) is 36.8 Å². The second kappa shape index (κ2) is 9.83. The number of hydrogen-bond acceptors (Lipinski definition) is 4. The van der Waals surface area contributed by atoms with E-state index in [2.05, 4.69) is 16.4 Å². The van der Waals surface area contributed by atoms with Crippen LogP contribution in [0.2, 0.25) is 0 Å².